The predicted molar refractivity (Wildman–Crippen MR) is 93.8 cm³/mol. The first-order valence-electron chi connectivity index (χ1n) is 8.85. The molecule has 2 aliphatic heterocycles. The van der Waals surface area contributed by atoms with Gasteiger partial charge in [-0.2, -0.15) is 13.2 Å². The standard InChI is InChI=1S/C20H17F3N2O3/c21-20(22,23)14-7-5-13(6-8-14)18(27)25-11-9-19(10-12-25)24-17(26)15-3-1-2-4-16(15)28-19/h1-8H,9-12H2,(H,24,26). The largest absolute Gasteiger partial charge is 0.467 e. The Kier molecular flexibility index (Phi) is 4.28. The Morgan fingerprint density at radius 1 is 1.04 bits per heavy atom. The molecule has 2 aromatic rings. The minimum Gasteiger partial charge on any atom is -0.467 e. The summed E-state index contributed by atoms with van der Waals surface area (Å²) in [7, 11) is 0. The van der Waals surface area contributed by atoms with Crippen LogP contribution >= 0.6 is 0 Å². The molecule has 2 aromatic carbocycles. The van der Waals surface area contributed by atoms with Crippen molar-refractivity contribution >= 4 is 11.8 Å². The molecule has 5 nitrogen and oxygen atoms in total. The van der Waals surface area contributed by atoms with Crippen molar-refractivity contribution in [1.29, 1.82) is 0 Å². The summed E-state index contributed by atoms with van der Waals surface area (Å²) in [6.45, 7) is 0.643. The van der Waals surface area contributed by atoms with Crippen LogP contribution in [0.15, 0.2) is 48.5 Å². The number of carbonyl (C=O) groups is 2. The number of benzene rings is 2. The first kappa shape index (κ1) is 18.3. The molecule has 8 heteroatoms. The van der Waals surface area contributed by atoms with Crippen molar-refractivity contribution in [3.05, 3.63) is 65.2 Å². The van der Waals surface area contributed by atoms with Crippen LogP contribution in [0.25, 0.3) is 0 Å². The Labute approximate surface area is 159 Å². The molecule has 1 N–H and O–H groups in total. The van der Waals surface area contributed by atoms with Gasteiger partial charge in [-0.05, 0) is 36.4 Å². The van der Waals surface area contributed by atoms with Gasteiger partial charge in [0.15, 0.2) is 5.72 Å². The second kappa shape index (κ2) is 6.54. The summed E-state index contributed by atoms with van der Waals surface area (Å²) in [6.07, 6.45) is -3.66. The van der Waals surface area contributed by atoms with E-state index >= 15 is 0 Å². The summed E-state index contributed by atoms with van der Waals surface area (Å²) in [4.78, 5) is 26.5. The number of halogens is 3. The summed E-state index contributed by atoms with van der Waals surface area (Å²) in [5.41, 5.74) is -1.000. The van der Waals surface area contributed by atoms with Crippen molar-refractivity contribution in [1.82, 2.24) is 10.2 Å². The first-order chi connectivity index (χ1) is 13.3. The number of fused-ring (bicyclic) bond motifs is 1. The van der Waals surface area contributed by atoms with Crippen LogP contribution in [-0.2, 0) is 6.18 Å². The van der Waals surface area contributed by atoms with Gasteiger partial charge in [0.1, 0.15) is 5.75 Å². The number of carbonyl (C=O) groups excluding carboxylic acids is 2. The van der Waals surface area contributed by atoms with Gasteiger partial charge in [-0.25, -0.2) is 0 Å². The van der Waals surface area contributed by atoms with E-state index < -0.39 is 17.5 Å². The molecular weight excluding hydrogens is 373 g/mol. The van der Waals surface area contributed by atoms with E-state index in [9.17, 15) is 22.8 Å². The van der Waals surface area contributed by atoms with E-state index in [1.165, 1.54) is 12.1 Å². The highest BCUT2D eigenvalue weighted by Crippen LogP contribution is 2.34. The molecule has 146 valence electrons. The van der Waals surface area contributed by atoms with Crippen LogP contribution in [0.5, 0.6) is 5.75 Å². The van der Waals surface area contributed by atoms with E-state index in [4.69, 9.17) is 4.74 Å². The maximum Gasteiger partial charge on any atom is 0.416 e. The SMILES string of the molecule is O=C1NC2(CCN(C(=O)c3ccc(C(F)(F)F)cc3)CC2)Oc2ccccc21. The first-order valence-corrected chi connectivity index (χ1v) is 8.85. The maximum absolute atomic E-state index is 12.7. The van der Waals surface area contributed by atoms with Crippen molar-refractivity contribution in [3.63, 3.8) is 0 Å². The lowest BCUT2D eigenvalue weighted by Crippen LogP contribution is -2.61. The highest BCUT2D eigenvalue weighted by molar-refractivity contribution is 5.98. The van der Waals surface area contributed by atoms with Gasteiger partial charge in [0.2, 0.25) is 0 Å². The molecule has 0 radical (unpaired) electrons. The smallest absolute Gasteiger partial charge is 0.416 e. The zero-order chi connectivity index (χ0) is 19.9. The van der Waals surface area contributed by atoms with Crippen molar-refractivity contribution in [2.45, 2.75) is 24.7 Å². The average molecular weight is 390 g/mol. The molecule has 1 fully saturated rings. The van der Waals surface area contributed by atoms with Crippen LogP contribution in [0.1, 0.15) is 39.1 Å². The van der Waals surface area contributed by atoms with Gasteiger partial charge in [0.05, 0.1) is 11.1 Å². The quantitative estimate of drug-likeness (QED) is 0.811. The normalized spacial score (nSPS) is 18.2. The third-order valence-corrected chi connectivity index (χ3v) is 5.10. The second-order valence-corrected chi connectivity index (χ2v) is 6.91. The van der Waals surface area contributed by atoms with Crippen molar-refractivity contribution < 1.29 is 27.5 Å². The zero-order valence-corrected chi connectivity index (χ0v) is 14.8. The molecule has 0 unspecified atom stereocenters. The van der Waals surface area contributed by atoms with Gasteiger partial charge in [-0.3, -0.25) is 9.59 Å². The highest BCUT2D eigenvalue weighted by Gasteiger charge is 2.43. The summed E-state index contributed by atoms with van der Waals surface area (Å²) in [6, 6.07) is 11.1. The van der Waals surface area contributed by atoms with Crippen LogP contribution in [0.2, 0.25) is 0 Å². The Hall–Kier alpha value is -3.03. The number of nitrogens with zero attached hydrogens (tertiary/aromatic N) is 1. The predicted octanol–water partition coefficient (Wildman–Crippen LogP) is 3.46. The van der Waals surface area contributed by atoms with Crippen molar-refractivity contribution in [2.24, 2.45) is 0 Å². The monoisotopic (exact) mass is 390 g/mol. The minimum atomic E-state index is -4.44. The lowest BCUT2D eigenvalue weighted by Gasteiger charge is -2.44. The molecule has 2 amide bonds. The number of hydrogen-bond donors (Lipinski definition) is 1. The number of piperidine rings is 1. The van der Waals surface area contributed by atoms with Crippen LogP contribution < -0.4 is 10.1 Å². The van der Waals surface area contributed by atoms with Gasteiger partial charge < -0.3 is 15.0 Å². The Morgan fingerprint density at radius 2 is 1.68 bits per heavy atom. The second-order valence-electron chi connectivity index (χ2n) is 6.91. The fourth-order valence-electron chi connectivity index (χ4n) is 3.54. The van der Waals surface area contributed by atoms with E-state index in [0.29, 0.717) is 37.2 Å². The number of likely N-dealkylation sites (tertiary alicyclic amines) is 1. The van der Waals surface area contributed by atoms with Gasteiger partial charge in [-0.1, -0.05) is 12.1 Å². The van der Waals surface area contributed by atoms with Crippen LogP contribution in [0.3, 0.4) is 0 Å². The van der Waals surface area contributed by atoms with Crippen molar-refractivity contribution in [3.8, 4) is 5.75 Å². The molecule has 2 heterocycles. The van der Waals surface area contributed by atoms with Gasteiger partial charge in [0, 0.05) is 31.5 Å². The van der Waals surface area contributed by atoms with E-state index in [-0.39, 0.29) is 17.4 Å². The van der Waals surface area contributed by atoms with Gasteiger partial charge >= 0.3 is 6.18 Å². The molecule has 1 spiro atoms. The molecule has 0 saturated carbocycles. The Bertz CT molecular complexity index is 917. The third kappa shape index (κ3) is 3.30. The molecule has 4 rings (SSSR count). The molecule has 0 bridgehead atoms. The third-order valence-electron chi connectivity index (χ3n) is 5.10. The summed E-state index contributed by atoms with van der Waals surface area (Å²) in [5.74, 6) is -0.0516. The van der Waals surface area contributed by atoms with Gasteiger partial charge in [-0.15, -0.1) is 0 Å². The highest BCUT2D eigenvalue weighted by atomic mass is 19.4. The van der Waals surface area contributed by atoms with Crippen LogP contribution in [-0.4, -0.2) is 35.5 Å². The fourth-order valence-corrected chi connectivity index (χ4v) is 3.54. The van der Waals surface area contributed by atoms with E-state index in [0.717, 1.165) is 12.1 Å². The summed E-state index contributed by atoms with van der Waals surface area (Å²) < 4.78 is 44.0. The molecule has 0 aliphatic carbocycles. The fraction of sp³-hybridized carbons (Fsp3) is 0.300. The number of ether oxygens (including phenoxy) is 1. The number of para-hydroxylation sites is 1. The lowest BCUT2D eigenvalue weighted by molar-refractivity contribution is -0.137. The number of nitrogens with one attached hydrogen (secondary N) is 1. The molecule has 1 saturated heterocycles. The summed E-state index contributed by atoms with van der Waals surface area (Å²) in [5, 5.41) is 2.89. The number of rotatable bonds is 1. The van der Waals surface area contributed by atoms with Crippen LogP contribution in [0.4, 0.5) is 13.2 Å². The Balaban J connectivity index is 1.44. The topological polar surface area (TPSA) is 58.6 Å². The van der Waals surface area contributed by atoms with E-state index in [2.05, 4.69) is 5.32 Å². The van der Waals surface area contributed by atoms with Gasteiger partial charge in [0.25, 0.3) is 11.8 Å². The average Bonchev–Trinajstić information content (AvgIpc) is 2.67. The molecule has 28 heavy (non-hydrogen) atoms. The molecule has 0 atom stereocenters. The zero-order valence-electron chi connectivity index (χ0n) is 14.8. The van der Waals surface area contributed by atoms with E-state index in [1.807, 2.05) is 0 Å². The molecule has 2 aliphatic rings. The molecular formula is C20H17F3N2O3. The van der Waals surface area contributed by atoms with Crippen LogP contribution in [0, 0.1) is 0 Å². The lowest BCUT2D eigenvalue weighted by atomic mass is 9.96. The summed E-state index contributed by atoms with van der Waals surface area (Å²) >= 11 is 0. The van der Waals surface area contributed by atoms with Crippen molar-refractivity contribution in [2.75, 3.05) is 13.1 Å². The van der Waals surface area contributed by atoms with E-state index in [1.54, 1.807) is 29.2 Å². The Morgan fingerprint density at radius 3 is 2.32 bits per heavy atom. The number of alkyl halides is 3. The minimum absolute atomic E-state index is 0.197. The molecule has 0 aromatic heterocycles. The maximum atomic E-state index is 12.7. The number of hydrogen-bond acceptors (Lipinski definition) is 3. The number of amides is 2.